The van der Waals surface area contributed by atoms with E-state index in [0.717, 1.165) is 33.7 Å². The number of anilines is 1. The number of rotatable bonds is 4. The normalized spacial score (nSPS) is 10.6. The summed E-state index contributed by atoms with van der Waals surface area (Å²) >= 11 is 1.24. The molecule has 0 spiro atoms. The molecule has 1 amide bonds. The minimum Gasteiger partial charge on any atom is -0.298 e. The summed E-state index contributed by atoms with van der Waals surface area (Å²) in [6.45, 7) is 7.72. The van der Waals surface area contributed by atoms with Crippen molar-refractivity contribution in [2.24, 2.45) is 0 Å². The van der Waals surface area contributed by atoms with E-state index in [0.29, 0.717) is 5.69 Å². The minimum atomic E-state index is -0.918. The van der Waals surface area contributed by atoms with Crippen molar-refractivity contribution < 1.29 is 13.6 Å². The van der Waals surface area contributed by atoms with Crippen LogP contribution in [0.4, 0.5) is 13.9 Å². The van der Waals surface area contributed by atoms with Gasteiger partial charge in [-0.05, 0) is 37.1 Å². The molecule has 1 aromatic heterocycles. The second-order valence-corrected chi connectivity index (χ2v) is 6.90. The SMILES string of the molecule is C=C(C)c1nc(NC(=O)c2c(F)cccc2F)sc1-c1cccc(C)c1. The number of nitrogens with one attached hydrogen (secondary N) is 1. The third-order valence-electron chi connectivity index (χ3n) is 3.72. The topological polar surface area (TPSA) is 42.0 Å². The van der Waals surface area contributed by atoms with Crippen LogP contribution in [0.25, 0.3) is 16.0 Å². The van der Waals surface area contributed by atoms with Gasteiger partial charge in [-0.1, -0.05) is 53.8 Å². The molecular weight excluding hydrogens is 354 g/mol. The Kier molecular flexibility index (Phi) is 4.95. The average molecular weight is 370 g/mol. The van der Waals surface area contributed by atoms with Gasteiger partial charge < -0.3 is 0 Å². The second-order valence-electron chi connectivity index (χ2n) is 5.90. The maximum Gasteiger partial charge on any atom is 0.263 e. The van der Waals surface area contributed by atoms with Gasteiger partial charge in [-0.3, -0.25) is 10.1 Å². The molecule has 2 aromatic carbocycles. The first-order valence-electron chi connectivity index (χ1n) is 7.86. The lowest BCUT2D eigenvalue weighted by Gasteiger charge is -2.04. The Morgan fingerprint density at radius 2 is 1.81 bits per heavy atom. The standard InChI is InChI=1S/C20H16F2N2OS/c1-11(2)17-18(13-7-4-6-12(3)10-13)26-20(23-17)24-19(25)16-14(21)8-5-9-15(16)22/h4-10H,1H2,2-3H3,(H,23,24,25). The van der Waals surface area contributed by atoms with Crippen molar-refractivity contribution >= 4 is 27.9 Å². The number of hydrogen-bond donors (Lipinski definition) is 1. The zero-order valence-electron chi connectivity index (χ0n) is 14.3. The van der Waals surface area contributed by atoms with Crippen LogP contribution in [0.3, 0.4) is 0 Å². The third-order valence-corrected chi connectivity index (χ3v) is 4.74. The van der Waals surface area contributed by atoms with Gasteiger partial charge in [0.25, 0.3) is 5.91 Å². The summed E-state index contributed by atoms with van der Waals surface area (Å²) in [6, 6.07) is 11.1. The lowest BCUT2D eigenvalue weighted by atomic mass is 10.1. The molecule has 1 heterocycles. The number of aryl methyl sites for hydroxylation is 1. The average Bonchev–Trinajstić information content (AvgIpc) is 2.99. The van der Waals surface area contributed by atoms with Gasteiger partial charge in [-0.15, -0.1) is 0 Å². The lowest BCUT2D eigenvalue weighted by Crippen LogP contribution is -2.15. The molecule has 0 aliphatic rings. The van der Waals surface area contributed by atoms with Gasteiger partial charge in [0, 0.05) is 0 Å². The van der Waals surface area contributed by atoms with E-state index in [1.54, 1.807) is 0 Å². The molecule has 0 radical (unpaired) electrons. The van der Waals surface area contributed by atoms with E-state index in [1.165, 1.54) is 17.4 Å². The number of hydrogen-bond acceptors (Lipinski definition) is 3. The molecule has 3 aromatic rings. The number of carbonyl (C=O) groups is 1. The number of amides is 1. The van der Waals surface area contributed by atoms with E-state index in [-0.39, 0.29) is 5.13 Å². The molecule has 0 aliphatic heterocycles. The van der Waals surface area contributed by atoms with Crippen LogP contribution < -0.4 is 5.32 Å². The first kappa shape index (κ1) is 17.9. The highest BCUT2D eigenvalue weighted by atomic mass is 32.1. The number of carbonyl (C=O) groups excluding carboxylic acids is 1. The van der Waals surface area contributed by atoms with Crippen LogP contribution in [0.1, 0.15) is 28.5 Å². The zero-order valence-corrected chi connectivity index (χ0v) is 15.1. The first-order valence-corrected chi connectivity index (χ1v) is 8.67. The number of allylic oxidation sites excluding steroid dienone is 1. The Bertz CT molecular complexity index is 991. The van der Waals surface area contributed by atoms with Crippen molar-refractivity contribution in [2.45, 2.75) is 13.8 Å². The number of thiazole rings is 1. The molecule has 0 bridgehead atoms. The van der Waals surface area contributed by atoms with E-state index in [4.69, 9.17) is 0 Å². The van der Waals surface area contributed by atoms with Gasteiger partial charge in [0.15, 0.2) is 5.13 Å². The molecule has 0 saturated carbocycles. The molecule has 0 aliphatic carbocycles. The molecule has 0 saturated heterocycles. The lowest BCUT2D eigenvalue weighted by molar-refractivity contribution is 0.101. The van der Waals surface area contributed by atoms with Crippen molar-refractivity contribution in [3.63, 3.8) is 0 Å². The van der Waals surface area contributed by atoms with Crippen LogP contribution >= 0.6 is 11.3 Å². The summed E-state index contributed by atoms with van der Waals surface area (Å²) in [7, 11) is 0. The van der Waals surface area contributed by atoms with Crippen molar-refractivity contribution in [3.8, 4) is 10.4 Å². The second kappa shape index (κ2) is 7.17. The van der Waals surface area contributed by atoms with Crippen LogP contribution in [0, 0.1) is 18.6 Å². The predicted molar refractivity (Wildman–Crippen MR) is 101 cm³/mol. The summed E-state index contributed by atoms with van der Waals surface area (Å²) in [6.07, 6.45) is 0. The van der Waals surface area contributed by atoms with Crippen LogP contribution in [-0.2, 0) is 0 Å². The van der Waals surface area contributed by atoms with Crippen molar-refractivity contribution in [1.82, 2.24) is 4.98 Å². The van der Waals surface area contributed by atoms with E-state index < -0.39 is 23.1 Å². The molecular formula is C20H16F2N2OS. The van der Waals surface area contributed by atoms with E-state index >= 15 is 0 Å². The van der Waals surface area contributed by atoms with Crippen LogP contribution in [0.15, 0.2) is 49.0 Å². The van der Waals surface area contributed by atoms with Crippen molar-refractivity contribution in [2.75, 3.05) is 5.32 Å². The Morgan fingerprint density at radius 1 is 1.15 bits per heavy atom. The van der Waals surface area contributed by atoms with Gasteiger partial charge >= 0.3 is 0 Å². The van der Waals surface area contributed by atoms with Gasteiger partial charge in [0.1, 0.15) is 17.2 Å². The highest BCUT2D eigenvalue weighted by molar-refractivity contribution is 7.19. The van der Waals surface area contributed by atoms with Crippen LogP contribution in [0.2, 0.25) is 0 Å². The molecule has 132 valence electrons. The van der Waals surface area contributed by atoms with Gasteiger partial charge in [0.2, 0.25) is 0 Å². The summed E-state index contributed by atoms with van der Waals surface area (Å²) in [5, 5.41) is 2.74. The molecule has 1 N–H and O–H groups in total. The Labute approximate surface area is 154 Å². The fraction of sp³-hybridized carbons (Fsp3) is 0.100. The number of benzene rings is 2. The number of halogens is 2. The third kappa shape index (κ3) is 3.55. The van der Waals surface area contributed by atoms with Gasteiger partial charge in [-0.25, -0.2) is 13.8 Å². The van der Waals surface area contributed by atoms with Gasteiger partial charge in [-0.2, -0.15) is 0 Å². The predicted octanol–water partition coefficient (Wildman–Crippen LogP) is 5.68. The fourth-order valence-corrected chi connectivity index (χ4v) is 3.55. The monoisotopic (exact) mass is 370 g/mol. The molecule has 3 nitrogen and oxygen atoms in total. The van der Waals surface area contributed by atoms with Gasteiger partial charge in [0.05, 0.1) is 10.6 Å². The summed E-state index contributed by atoms with van der Waals surface area (Å²) in [5.74, 6) is -2.71. The highest BCUT2D eigenvalue weighted by Crippen LogP contribution is 2.36. The maximum absolute atomic E-state index is 13.8. The zero-order chi connectivity index (χ0) is 18.8. The van der Waals surface area contributed by atoms with Crippen LogP contribution in [-0.4, -0.2) is 10.9 Å². The summed E-state index contributed by atoms with van der Waals surface area (Å²) in [5.41, 5.74) is 2.78. The smallest absolute Gasteiger partial charge is 0.263 e. The van der Waals surface area contributed by atoms with Crippen molar-refractivity contribution in [1.29, 1.82) is 0 Å². The quantitative estimate of drug-likeness (QED) is 0.642. The number of nitrogens with zero attached hydrogens (tertiary/aromatic N) is 1. The summed E-state index contributed by atoms with van der Waals surface area (Å²) < 4.78 is 27.6. The van der Waals surface area contributed by atoms with E-state index in [2.05, 4.69) is 16.9 Å². The molecule has 6 heteroatoms. The number of aromatic nitrogens is 1. The van der Waals surface area contributed by atoms with E-state index in [1.807, 2.05) is 38.1 Å². The largest absolute Gasteiger partial charge is 0.298 e. The molecule has 3 rings (SSSR count). The van der Waals surface area contributed by atoms with Crippen LogP contribution in [0.5, 0.6) is 0 Å². The first-order chi connectivity index (χ1) is 12.4. The molecule has 0 fully saturated rings. The Morgan fingerprint density at radius 3 is 2.42 bits per heavy atom. The Hall–Kier alpha value is -2.86. The molecule has 26 heavy (non-hydrogen) atoms. The maximum atomic E-state index is 13.8. The van der Waals surface area contributed by atoms with E-state index in [9.17, 15) is 13.6 Å². The van der Waals surface area contributed by atoms with Crippen molar-refractivity contribution in [3.05, 3.63) is 77.5 Å². The fourth-order valence-electron chi connectivity index (χ4n) is 2.52. The highest BCUT2D eigenvalue weighted by Gasteiger charge is 2.20. The summed E-state index contributed by atoms with van der Waals surface area (Å²) in [4.78, 5) is 17.5. The molecule has 0 atom stereocenters. The minimum absolute atomic E-state index is 0.257. The molecule has 0 unspecified atom stereocenters. The Balaban J connectivity index is 1.98.